The zero-order valence-corrected chi connectivity index (χ0v) is 15.7. The smallest absolute Gasteiger partial charge is 0.155 e. The lowest BCUT2D eigenvalue weighted by Gasteiger charge is -2.28. The number of piperidine rings is 1. The zero-order chi connectivity index (χ0) is 19.9. The monoisotopic (exact) mass is 388 g/mol. The molecule has 0 aliphatic carbocycles. The Balaban J connectivity index is 1.72. The Morgan fingerprint density at radius 2 is 2.11 bits per heavy atom. The van der Waals surface area contributed by atoms with Gasteiger partial charge < -0.3 is 15.7 Å². The molecule has 0 unspecified atom stereocenters. The number of anilines is 1. The molecule has 148 valence electrons. The summed E-state index contributed by atoms with van der Waals surface area (Å²) in [4.78, 5) is 12.8. The third-order valence-electron chi connectivity index (χ3n) is 4.84. The highest BCUT2D eigenvalue weighted by Gasteiger charge is 2.25. The summed E-state index contributed by atoms with van der Waals surface area (Å²) in [5.41, 5.74) is 0.271. The number of aromatic nitrogens is 4. The van der Waals surface area contributed by atoms with Gasteiger partial charge in [-0.15, -0.1) is 0 Å². The minimum atomic E-state index is -1.16. The first-order valence-corrected chi connectivity index (χ1v) is 9.17. The zero-order valence-electron chi connectivity index (χ0n) is 15.7. The van der Waals surface area contributed by atoms with Crippen molar-refractivity contribution in [3.8, 4) is 11.4 Å². The van der Waals surface area contributed by atoms with Crippen LogP contribution in [0.1, 0.15) is 26.0 Å². The number of imidazole rings is 1. The number of halogens is 2. The van der Waals surface area contributed by atoms with E-state index < -0.39 is 23.6 Å². The van der Waals surface area contributed by atoms with Gasteiger partial charge in [0, 0.05) is 12.7 Å². The van der Waals surface area contributed by atoms with Crippen LogP contribution in [-0.4, -0.2) is 49.8 Å². The number of alkyl halides is 1. The van der Waals surface area contributed by atoms with Crippen molar-refractivity contribution >= 4 is 11.5 Å². The van der Waals surface area contributed by atoms with Crippen LogP contribution < -0.4 is 10.6 Å². The predicted octanol–water partition coefficient (Wildman–Crippen LogP) is 2.27. The van der Waals surface area contributed by atoms with Gasteiger partial charge in [0.05, 0.1) is 29.8 Å². The molecular weight excluding hydrogens is 366 g/mol. The maximum absolute atomic E-state index is 14.6. The molecule has 4 rings (SSSR count). The van der Waals surface area contributed by atoms with E-state index in [2.05, 4.69) is 25.6 Å². The van der Waals surface area contributed by atoms with Crippen molar-refractivity contribution in [1.82, 2.24) is 24.7 Å². The molecule has 0 spiro atoms. The van der Waals surface area contributed by atoms with E-state index in [-0.39, 0.29) is 5.69 Å². The van der Waals surface area contributed by atoms with Gasteiger partial charge in [0.25, 0.3) is 0 Å². The average Bonchev–Trinajstić information content (AvgIpc) is 3.07. The third-order valence-corrected chi connectivity index (χ3v) is 4.84. The maximum Gasteiger partial charge on any atom is 0.155 e. The van der Waals surface area contributed by atoms with Gasteiger partial charge in [0.1, 0.15) is 23.3 Å². The summed E-state index contributed by atoms with van der Waals surface area (Å²) in [6, 6.07) is 2.37. The van der Waals surface area contributed by atoms with Gasteiger partial charge >= 0.3 is 0 Å². The van der Waals surface area contributed by atoms with Crippen molar-refractivity contribution in [3.05, 3.63) is 42.2 Å². The Labute approximate surface area is 160 Å². The van der Waals surface area contributed by atoms with E-state index in [0.717, 1.165) is 0 Å². The number of nitrogens with one attached hydrogen (secondary N) is 2. The van der Waals surface area contributed by atoms with E-state index in [1.165, 1.54) is 24.5 Å². The molecule has 0 aromatic carbocycles. The molecular formula is C19H22F2N6O. The molecule has 1 aliphatic rings. The number of pyridine rings is 1. The molecule has 7 nitrogen and oxygen atoms in total. The lowest BCUT2D eigenvalue weighted by molar-refractivity contribution is 0.0734. The first kappa shape index (κ1) is 18.7. The first-order valence-electron chi connectivity index (χ1n) is 9.17. The molecule has 9 heteroatoms. The summed E-state index contributed by atoms with van der Waals surface area (Å²) >= 11 is 0. The van der Waals surface area contributed by atoms with Crippen LogP contribution in [0.3, 0.4) is 0 Å². The Morgan fingerprint density at radius 1 is 1.29 bits per heavy atom. The van der Waals surface area contributed by atoms with Gasteiger partial charge in [-0.25, -0.2) is 18.7 Å². The summed E-state index contributed by atoms with van der Waals surface area (Å²) < 4.78 is 30.3. The Hall–Kier alpha value is -2.65. The fourth-order valence-corrected chi connectivity index (χ4v) is 3.24. The number of fused-ring (bicyclic) bond motifs is 1. The number of aliphatic hydroxyl groups is 1. The second-order valence-corrected chi connectivity index (χ2v) is 7.49. The van der Waals surface area contributed by atoms with Crippen LogP contribution in [0.5, 0.6) is 0 Å². The average molecular weight is 388 g/mol. The van der Waals surface area contributed by atoms with E-state index >= 15 is 0 Å². The molecule has 0 radical (unpaired) electrons. The number of hydrogen-bond donors (Lipinski definition) is 3. The van der Waals surface area contributed by atoms with Crippen molar-refractivity contribution in [2.75, 3.05) is 18.4 Å². The molecule has 1 saturated heterocycles. The van der Waals surface area contributed by atoms with E-state index in [0.29, 0.717) is 42.4 Å². The Kier molecular flexibility index (Phi) is 4.72. The van der Waals surface area contributed by atoms with E-state index in [1.54, 1.807) is 24.4 Å². The Morgan fingerprint density at radius 3 is 2.86 bits per heavy atom. The predicted molar refractivity (Wildman–Crippen MR) is 101 cm³/mol. The maximum atomic E-state index is 14.6. The van der Waals surface area contributed by atoms with Crippen LogP contribution >= 0.6 is 0 Å². The van der Waals surface area contributed by atoms with Crippen LogP contribution in [0.2, 0.25) is 0 Å². The SMILES string of the molecule is CC(C)(O)c1cn2c(-c3nc(N[C@H]4CNCC[C@@H]4F)ccc3F)cnc2cn1. The van der Waals surface area contributed by atoms with Crippen LogP contribution in [0.4, 0.5) is 14.6 Å². The lowest BCUT2D eigenvalue weighted by atomic mass is 10.1. The minimum Gasteiger partial charge on any atom is -0.384 e. The molecule has 2 atom stereocenters. The van der Waals surface area contributed by atoms with Crippen LogP contribution in [0.15, 0.2) is 30.7 Å². The van der Waals surface area contributed by atoms with Gasteiger partial charge in [-0.05, 0) is 38.9 Å². The molecule has 1 aliphatic heterocycles. The fraction of sp³-hybridized carbons (Fsp3) is 0.421. The van der Waals surface area contributed by atoms with E-state index in [1.807, 2.05) is 0 Å². The van der Waals surface area contributed by atoms with E-state index in [4.69, 9.17) is 0 Å². The summed E-state index contributed by atoms with van der Waals surface area (Å²) in [6.07, 6.45) is 4.05. The third kappa shape index (κ3) is 3.55. The van der Waals surface area contributed by atoms with Crippen molar-refractivity contribution in [3.63, 3.8) is 0 Å². The summed E-state index contributed by atoms with van der Waals surface area (Å²) in [7, 11) is 0. The van der Waals surface area contributed by atoms with Gasteiger partial charge in [-0.3, -0.25) is 9.38 Å². The molecule has 0 bridgehead atoms. The molecule has 28 heavy (non-hydrogen) atoms. The second-order valence-electron chi connectivity index (χ2n) is 7.49. The topological polar surface area (TPSA) is 87.4 Å². The van der Waals surface area contributed by atoms with Gasteiger partial charge in [-0.2, -0.15) is 0 Å². The number of rotatable bonds is 4. The summed E-state index contributed by atoms with van der Waals surface area (Å²) in [5, 5.41) is 16.4. The van der Waals surface area contributed by atoms with Crippen molar-refractivity contribution in [1.29, 1.82) is 0 Å². The molecule has 3 N–H and O–H groups in total. The molecule has 3 aromatic rings. The molecule has 3 aromatic heterocycles. The highest BCUT2D eigenvalue weighted by atomic mass is 19.1. The highest BCUT2D eigenvalue weighted by Crippen LogP contribution is 2.26. The Bertz CT molecular complexity index is 1000. The summed E-state index contributed by atoms with van der Waals surface area (Å²) in [5.74, 6) is -0.132. The largest absolute Gasteiger partial charge is 0.384 e. The van der Waals surface area contributed by atoms with Gasteiger partial charge in [-0.1, -0.05) is 0 Å². The van der Waals surface area contributed by atoms with Crippen molar-refractivity contribution in [2.24, 2.45) is 0 Å². The highest BCUT2D eigenvalue weighted by molar-refractivity contribution is 5.62. The minimum absolute atomic E-state index is 0.0876. The molecule has 1 fully saturated rings. The standard InChI is InChI=1S/C19H22F2N6O/c1-19(2,28)15-10-27-14(8-24-17(27)9-23-15)18-12(21)3-4-16(26-18)25-13-7-22-6-5-11(13)20/h3-4,8-11,13,22,28H,5-7H2,1-2H3,(H,25,26)/t11-,13-/m0/s1. The van der Waals surface area contributed by atoms with Crippen molar-refractivity contribution in [2.45, 2.75) is 38.1 Å². The van der Waals surface area contributed by atoms with Crippen LogP contribution in [0.25, 0.3) is 17.0 Å². The van der Waals surface area contributed by atoms with Crippen molar-refractivity contribution < 1.29 is 13.9 Å². The van der Waals surface area contributed by atoms with Crippen LogP contribution in [-0.2, 0) is 5.60 Å². The van der Waals surface area contributed by atoms with Gasteiger partial charge in [0.2, 0.25) is 0 Å². The molecule has 0 amide bonds. The molecule has 0 saturated carbocycles. The fourth-order valence-electron chi connectivity index (χ4n) is 3.24. The van der Waals surface area contributed by atoms with E-state index in [9.17, 15) is 13.9 Å². The summed E-state index contributed by atoms with van der Waals surface area (Å²) in [6.45, 7) is 4.35. The second kappa shape index (κ2) is 7.06. The normalized spacial score (nSPS) is 20.5. The number of hydrogen-bond acceptors (Lipinski definition) is 6. The number of nitrogens with zero attached hydrogens (tertiary/aromatic N) is 4. The van der Waals surface area contributed by atoms with Gasteiger partial charge in [0.15, 0.2) is 11.5 Å². The first-order chi connectivity index (χ1) is 13.3. The lowest BCUT2D eigenvalue weighted by Crippen LogP contribution is -2.46. The van der Waals surface area contributed by atoms with Crippen LogP contribution in [0, 0.1) is 5.82 Å². The quantitative estimate of drug-likeness (QED) is 0.636. The molecule has 4 heterocycles.